The number of rotatable bonds is 10. The van der Waals surface area contributed by atoms with Gasteiger partial charge in [0.15, 0.2) is 0 Å². The van der Waals surface area contributed by atoms with Gasteiger partial charge in [0, 0.05) is 0 Å². The van der Waals surface area contributed by atoms with Crippen LogP contribution in [0.5, 0.6) is 0 Å². The summed E-state index contributed by atoms with van der Waals surface area (Å²) < 4.78 is 73.6. The maximum Gasteiger partial charge on any atom is 0.397 e. The highest BCUT2D eigenvalue weighted by atomic mass is 32.3. The van der Waals surface area contributed by atoms with Crippen molar-refractivity contribution in [3.63, 3.8) is 0 Å². The van der Waals surface area contributed by atoms with Crippen molar-refractivity contribution < 1.29 is 44.5 Å². The summed E-state index contributed by atoms with van der Waals surface area (Å²) in [4.78, 5) is 0. The molecule has 0 aromatic carbocycles. The molecule has 10 atom stereocenters. The van der Waals surface area contributed by atoms with Crippen molar-refractivity contribution in [2.75, 3.05) is 6.61 Å². The molecule has 12 heteroatoms. The van der Waals surface area contributed by atoms with E-state index < -0.39 is 44.5 Å². The fourth-order valence-corrected chi connectivity index (χ4v) is 10.1. The molecule has 226 valence electrons. The molecule has 4 N–H and O–H groups in total. The van der Waals surface area contributed by atoms with E-state index in [2.05, 4.69) is 25.0 Å². The maximum atomic E-state index is 11.4. The van der Waals surface area contributed by atoms with Crippen molar-refractivity contribution in [2.24, 2.45) is 46.3 Å². The Bertz CT molecular complexity index is 1140. The lowest BCUT2D eigenvalue weighted by molar-refractivity contribution is -0.119. The van der Waals surface area contributed by atoms with Gasteiger partial charge in [-0.2, -0.15) is 16.8 Å². The number of aliphatic hydroxyl groups is 2. The van der Waals surface area contributed by atoms with Crippen LogP contribution in [-0.4, -0.2) is 61.1 Å². The minimum absolute atomic E-state index is 0.0131. The van der Waals surface area contributed by atoms with E-state index >= 15 is 0 Å². The van der Waals surface area contributed by atoms with E-state index in [4.69, 9.17) is 8.74 Å². The second kappa shape index (κ2) is 11.2. The number of hydrogen-bond donors (Lipinski definition) is 4. The van der Waals surface area contributed by atoms with Crippen LogP contribution in [0.3, 0.4) is 0 Å². The first-order valence-corrected chi connectivity index (χ1v) is 17.0. The molecule has 0 aromatic heterocycles. The highest BCUT2D eigenvalue weighted by Crippen LogP contribution is 2.67. The monoisotopic (exact) mass is 594 g/mol. The first kappa shape index (κ1) is 31.3. The molecule has 0 bridgehead atoms. The molecule has 0 heterocycles. The highest BCUT2D eigenvalue weighted by Gasteiger charge is 2.62. The first-order chi connectivity index (χ1) is 18.0. The highest BCUT2D eigenvalue weighted by molar-refractivity contribution is 7.81. The first-order valence-electron chi connectivity index (χ1n) is 14.3. The Morgan fingerprint density at radius 3 is 2.31 bits per heavy atom. The van der Waals surface area contributed by atoms with Gasteiger partial charge in [0.2, 0.25) is 0 Å². The van der Waals surface area contributed by atoms with Gasteiger partial charge in [0.25, 0.3) is 0 Å². The van der Waals surface area contributed by atoms with Crippen molar-refractivity contribution in [1.29, 1.82) is 0 Å². The van der Waals surface area contributed by atoms with Gasteiger partial charge in [-0.25, -0.2) is 8.37 Å². The van der Waals surface area contributed by atoms with Gasteiger partial charge in [-0.05, 0) is 96.9 Å². The van der Waals surface area contributed by atoms with Gasteiger partial charge in [-0.1, -0.05) is 46.6 Å². The summed E-state index contributed by atoms with van der Waals surface area (Å²) in [6, 6.07) is 0. The Kier molecular flexibility index (Phi) is 9.03. The fourth-order valence-electron chi connectivity index (χ4n) is 9.22. The van der Waals surface area contributed by atoms with Crippen LogP contribution in [-0.2, 0) is 29.2 Å². The zero-order valence-corrected chi connectivity index (χ0v) is 25.0. The average molecular weight is 595 g/mol. The molecule has 4 aliphatic carbocycles. The molecule has 0 amide bonds. The van der Waals surface area contributed by atoms with Crippen molar-refractivity contribution in [1.82, 2.24) is 0 Å². The van der Waals surface area contributed by atoms with Crippen LogP contribution in [0, 0.1) is 46.3 Å². The third-order valence-electron chi connectivity index (χ3n) is 10.8. The SMILES string of the molecule is CC(C)CCC[C@@H](COS(=O)(=O)O)[C@H]1CCC2C3CC=C4[C@@H](O)[C@H](OS(=O)(=O)O)[C@H](O)C[C@]4(C)C3CC[C@@]21C. The fraction of sp³-hybridized carbons (Fsp3) is 0.926. The number of fused-ring (bicyclic) bond motifs is 5. The predicted octanol–water partition coefficient (Wildman–Crippen LogP) is 3.96. The molecule has 3 unspecified atom stereocenters. The molecule has 0 spiro atoms. The van der Waals surface area contributed by atoms with Crippen LogP contribution >= 0.6 is 0 Å². The van der Waals surface area contributed by atoms with Crippen molar-refractivity contribution in [3.8, 4) is 0 Å². The summed E-state index contributed by atoms with van der Waals surface area (Å²) in [6.07, 6.45) is 5.45. The quantitative estimate of drug-likeness (QED) is 0.215. The van der Waals surface area contributed by atoms with E-state index in [1.54, 1.807) is 0 Å². The average Bonchev–Trinajstić information content (AvgIpc) is 3.14. The normalized spacial score (nSPS) is 41.5. The van der Waals surface area contributed by atoms with Gasteiger partial charge in [0.05, 0.1) is 12.7 Å². The molecular weight excluding hydrogens is 548 g/mol. The van der Waals surface area contributed by atoms with Gasteiger partial charge in [-0.15, -0.1) is 0 Å². The zero-order chi connectivity index (χ0) is 29.0. The van der Waals surface area contributed by atoms with Gasteiger partial charge in [0.1, 0.15) is 12.2 Å². The van der Waals surface area contributed by atoms with Gasteiger partial charge < -0.3 is 10.2 Å². The summed E-state index contributed by atoms with van der Waals surface area (Å²) in [5.74, 6) is 1.67. The minimum Gasteiger partial charge on any atom is -0.390 e. The third-order valence-corrected chi connectivity index (χ3v) is 11.7. The van der Waals surface area contributed by atoms with Crippen LogP contribution in [0.4, 0.5) is 0 Å². The Hall–Kier alpha value is -0.600. The Morgan fingerprint density at radius 2 is 1.69 bits per heavy atom. The molecule has 0 aromatic rings. The van der Waals surface area contributed by atoms with E-state index in [9.17, 15) is 31.6 Å². The molecule has 4 aliphatic rings. The second-order valence-corrected chi connectivity index (χ2v) is 15.6. The van der Waals surface area contributed by atoms with E-state index in [-0.39, 0.29) is 36.2 Å². The van der Waals surface area contributed by atoms with Crippen LogP contribution in [0.15, 0.2) is 11.6 Å². The second-order valence-electron chi connectivity index (χ2n) is 13.4. The molecule has 3 fully saturated rings. The molecular formula is C27H46O10S2. The molecule has 3 saturated carbocycles. The molecule has 0 saturated heterocycles. The van der Waals surface area contributed by atoms with Gasteiger partial charge in [-0.3, -0.25) is 9.11 Å². The standard InChI is InChI=1S/C27H46O10S2/c1-16(2)6-5-7-17(15-36-38(30,31)32)19-10-11-20-18-8-9-22-24(29)25(37-39(33,34)35)23(28)14-27(22,4)21(18)12-13-26(19,20)3/h9,16-21,23-25,28-29H,5-8,10-15H2,1-4H3,(H,30,31,32)(H,33,34,35)/t17-,18?,19+,20?,21?,23+,24+,25+,26+,27+/m0/s1. The van der Waals surface area contributed by atoms with E-state index in [0.29, 0.717) is 29.7 Å². The van der Waals surface area contributed by atoms with Crippen LogP contribution in [0.25, 0.3) is 0 Å². The van der Waals surface area contributed by atoms with E-state index in [1.807, 2.05) is 13.0 Å². The van der Waals surface area contributed by atoms with Crippen LogP contribution < -0.4 is 0 Å². The summed E-state index contributed by atoms with van der Waals surface area (Å²) in [7, 11) is -9.37. The van der Waals surface area contributed by atoms with E-state index in [1.165, 1.54) is 0 Å². The minimum atomic E-state index is -4.84. The molecule has 0 aliphatic heterocycles. The largest absolute Gasteiger partial charge is 0.397 e. The third kappa shape index (κ3) is 6.43. The van der Waals surface area contributed by atoms with Crippen molar-refractivity contribution in [3.05, 3.63) is 11.6 Å². The van der Waals surface area contributed by atoms with Crippen molar-refractivity contribution >= 4 is 20.8 Å². The lowest BCUT2D eigenvalue weighted by Crippen LogP contribution is -2.58. The molecule has 0 radical (unpaired) electrons. The number of allylic oxidation sites excluding steroid dienone is 1. The topological polar surface area (TPSA) is 168 Å². The van der Waals surface area contributed by atoms with Crippen molar-refractivity contribution in [2.45, 2.75) is 104 Å². The summed E-state index contributed by atoms with van der Waals surface area (Å²) in [5.41, 5.74) is 0.107. The lowest BCUT2D eigenvalue weighted by atomic mass is 9.46. The number of aliphatic hydroxyl groups excluding tert-OH is 2. The maximum absolute atomic E-state index is 11.4. The van der Waals surface area contributed by atoms with Gasteiger partial charge >= 0.3 is 20.8 Å². The molecule has 4 rings (SSSR count). The summed E-state index contributed by atoms with van der Waals surface area (Å²) in [6.45, 7) is 8.67. The smallest absolute Gasteiger partial charge is 0.390 e. The van der Waals surface area contributed by atoms with E-state index in [0.717, 1.165) is 44.9 Å². The summed E-state index contributed by atoms with van der Waals surface area (Å²) >= 11 is 0. The van der Waals surface area contributed by atoms with Crippen LogP contribution in [0.2, 0.25) is 0 Å². The molecule has 39 heavy (non-hydrogen) atoms. The Labute approximate surface area is 233 Å². The van der Waals surface area contributed by atoms with Crippen LogP contribution in [0.1, 0.15) is 85.5 Å². The lowest BCUT2D eigenvalue weighted by Gasteiger charge is -2.59. The Balaban J connectivity index is 1.57. The number of hydrogen-bond acceptors (Lipinski definition) is 8. The molecule has 10 nitrogen and oxygen atoms in total. The predicted molar refractivity (Wildman–Crippen MR) is 144 cm³/mol. The summed E-state index contributed by atoms with van der Waals surface area (Å²) in [5, 5.41) is 21.9. The Morgan fingerprint density at radius 1 is 1.00 bits per heavy atom. The zero-order valence-electron chi connectivity index (χ0n) is 23.4.